The number of hydrogen-bond acceptors (Lipinski definition) is 11. The van der Waals surface area contributed by atoms with Crippen LogP contribution >= 0.6 is 0 Å². The van der Waals surface area contributed by atoms with E-state index in [-0.39, 0.29) is 22.5 Å². The van der Waals surface area contributed by atoms with Gasteiger partial charge in [-0.15, -0.1) is 0 Å². The summed E-state index contributed by atoms with van der Waals surface area (Å²) >= 11 is 0. The second kappa shape index (κ2) is 8.26. The molecular weight excluding hydrogens is 444 g/mol. The van der Waals surface area contributed by atoms with Gasteiger partial charge in [-0.05, 0) is 24.3 Å². The van der Waals surface area contributed by atoms with E-state index in [2.05, 4.69) is 0 Å². The van der Waals surface area contributed by atoms with Crippen LogP contribution in [-0.4, -0.2) is 72.4 Å². The van der Waals surface area contributed by atoms with E-state index in [1.54, 1.807) is 0 Å². The average Bonchev–Trinajstić information content (AvgIpc) is 2.77. The van der Waals surface area contributed by atoms with Crippen molar-refractivity contribution in [1.29, 1.82) is 0 Å². The molecule has 1 aliphatic rings. The molecule has 0 saturated carbocycles. The number of benzene rings is 2. The topological polar surface area (TPSA) is 207 Å². The molecule has 1 aliphatic heterocycles. The number of carboxylic acid groups (broad SMARTS) is 1. The van der Waals surface area contributed by atoms with Crippen molar-refractivity contribution >= 4 is 16.9 Å². The van der Waals surface area contributed by atoms with E-state index in [9.17, 15) is 40.2 Å². The maximum absolute atomic E-state index is 12.6. The van der Waals surface area contributed by atoms with Gasteiger partial charge in [0.25, 0.3) is 0 Å². The van der Waals surface area contributed by atoms with E-state index < -0.39 is 59.4 Å². The summed E-state index contributed by atoms with van der Waals surface area (Å²) in [6, 6.07) is 7.74. The zero-order chi connectivity index (χ0) is 24.0. The predicted octanol–water partition coefficient (Wildman–Crippen LogP) is -0.152. The predicted molar refractivity (Wildman–Crippen MR) is 108 cm³/mol. The summed E-state index contributed by atoms with van der Waals surface area (Å²) in [5.74, 6) is -4.01. The second-order valence-corrected chi connectivity index (χ2v) is 7.32. The smallest absolute Gasteiger partial charge is 0.335 e. The van der Waals surface area contributed by atoms with Crippen LogP contribution in [-0.2, 0) is 9.53 Å². The van der Waals surface area contributed by atoms with Crippen LogP contribution in [0.15, 0.2) is 45.6 Å². The van der Waals surface area contributed by atoms with Gasteiger partial charge in [0, 0.05) is 17.7 Å². The monoisotopic (exact) mass is 462 g/mol. The molecule has 33 heavy (non-hydrogen) atoms. The minimum atomic E-state index is -1.96. The molecule has 0 amide bonds. The van der Waals surface area contributed by atoms with Gasteiger partial charge < -0.3 is 49.6 Å². The lowest BCUT2D eigenvalue weighted by Gasteiger charge is -2.38. The summed E-state index contributed by atoms with van der Waals surface area (Å²) in [4.78, 5) is 23.8. The summed E-state index contributed by atoms with van der Waals surface area (Å²) in [5.41, 5.74) is -0.539. The molecule has 0 spiro atoms. The van der Waals surface area contributed by atoms with Crippen molar-refractivity contribution in [3.63, 3.8) is 0 Å². The Labute approximate surface area is 183 Å². The van der Waals surface area contributed by atoms with Crippen molar-refractivity contribution < 1.29 is 54.4 Å². The van der Waals surface area contributed by atoms with Gasteiger partial charge in [-0.1, -0.05) is 0 Å². The highest BCUT2D eigenvalue weighted by molar-refractivity contribution is 5.89. The highest BCUT2D eigenvalue weighted by Gasteiger charge is 2.48. The first kappa shape index (κ1) is 22.4. The van der Waals surface area contributed by atoms with E-state index in [1.807, 2.05) is 0 Å². The lowest BCUT2D eigenvalue weighted by atomic mass is 9.99. The Morgan fingerprint density at radius 2 is 1.58 bits per heavy atom. The highest BCUT2D eigenvalue weighted by Crippen LogP contribution is 2.42. The summed E-state index contributed by atoms with van der Waals surface area (Å²) in [5, 5.41) is 68.6. The number of aliphatic carboxylic acids is 1. The van der Waals surface area contributed by atoms with Gasteiger partial charge in [0.1, 0.15) is 40.8 Å². The Morgan fingerprint density at radius 1 is 0.909 bits per heavy atom. The number of phenolic OH excluding ortho intramolecular Hbond substituents is 3. The fourth-order valence-corrected chi connectivity index (χ4v) is 3.40. The molecule has 0 radical (unpaired) electrons. The average molecular weight is 462 g/mol. The van der Waals surface area contributed by atoms with Crippen LogP contribution in [0.1, 0.15) is 0 Å². The number of rotatable bonds is 4. The maximum Gasteiger partial charge on any atom is 0.335 e. The van der Waals surface area contributed by atoms with Gasteiger partial charge in [-0.2, -0.15) is 0 Å². The van der Waals surface area contributed by atoms with Gasteiger partial charge in [0.05, 0.1) is 0 Å². The van der Waals surface area contributed by atoms with Gasteiger partial charge in [0.2, 0.25) is 12.0 Å². The van der Waals surface area contributed by atoms with Gasteiger partial charge in [-0.3, -0.25) is 4.79 Å². The zero-order valence-electron chi connectivity index (χ0n) is 16.5. The SMILES string of the molecule is O=C(O)C1O[C@H](Oc2cc3oc(-c4ccc(O)cc4)cc(=O)c3c(O)c2O)[C@@H](O)[C@H](O)[C@H]1O. The van der Waals surface area contributed by atoms with Crippen molar-refractivity contribution in [2.45, 2.75) is 30.7 Å². The molecule has 3 aromatic rings. The van der Waals surface area contributed by atoms with E-state index in [4.69, 9.17) is 19.0 Å². The number of aromatic hydroxyl groups is 3. The third kappa shape index (κ3) is 3.91. The van der Waals surface area contributed by atoms with Crippen molar-refractivity contribution in [2.24, 2.45) is 0 Å². The normalized spacial score (nSPS) is 25.1. The van der Waals surface area contributed by atoms with Crippen LogP contribution in [0.4, 0.5) is 0 Å². The van der Waals surface area contributed by atoms with Gasteiger partial charge >= 0.3 is 5.97 Å². The fraction of sp³-hybridized carbons (Fsp3) is 0.238. The summed E-state index contributed by atoms with van der Waals surface area (Å²) in [6.45, 7) is 0. The standard InChI is InChI=1S/C21H18O12/c22-8-3-1-7(2-4-8)10-5-9(23)13-11(31-10)6-12(14(24)15(13)25)32-21-18(28)16(26)17(27)19(33-21)20(29)30/h1-6,16-19,21-22,24-28H,(H,29,30)/t16-,17-,18+,19?,21+/m1/s1. The number of ether oxygens (including phenoxy) is 2. The summed E-state index contributed by atoms with van der Waals surface area (Å²) in [7, 11) is 0. The summed E-state index contributed by atoms with van der Waals surface area (Å²) in [6.07, 6.45) is -9.67. The molecule has 4 rings (SSSR count). The van der Waals surface area contributed by atoms with Crippen molar-refractivity contribution in [3.05, 3.63) is 46.6 Å². The Hall–Kier alpha value is -3.84. The van der Waals surface area contributed by atoms with Gasteiger partial charge in [-0.25, -0.2) is 4.79 Å². The lowest BCUT2D eigenvalue weighted by Crippen LogP contribution is -2.61. The van der Waals surface area contributed by atoms with Crippen molar-refractivity contribution in [2.75, 3.05) is 0 Å². The van der Waals surface area contributed by atoms with Crippen molar-refractivity contribution in [1.82, 2.24) is 0 Å². The van der Waals surface area contributed by atoms with Gasteiger partial charge in [0.15, 0.2) is 23.0 Å². The highest BCUT2D eigenvalue weighted by atomic mass is 16.7. The van der Waals surface area contributed by atoms with E-state index >= 15 is 0 Å². The van der Waals surface area contributed by atoms with E-state index in [0.717, 1.165) is 12.1 Å². The maximum atomic E-state index is 12.6. The zero-order valence-corrected chi connectivity index (χ0v) is 16.5. The molecule has 0 aliphatic carbocycles. The molecule has 5 atom stereocenters. The Balaban J connectivity index is 1.76. The molecule has 1 saturated heterocycles. The molecule has 12 nitrogen and oxygen atoms in total. The minimum Gasteiger partial charge on any atom is -0.508 e. The minimum absolute atomic E-state index is 0.0156. The third-order valence-electron chi connectivity index (χ3n) is 5.14. The molecule has 7 N–H and O–H groups in total. The van der Waals surface area contributed by atoms with E-state index in [0.29, 0.717) is 5.56 Å². The molecular formula is C21H18O12. The van der Waals surface area contributed by atoms with E-state index in [1.165, 1.54) is 24.3 Å². The number of carbonyl (C=O) groups is 1. The first-order chi connectivity index (χ1) is 15.6. The number of phenols is 3. The lowest BCUT2D eigenvalue weighted by molar-refractivity contribution is -0.271. The Morgan fingerprint density at radius 3 is 2.21 bits per heavy atom. The third-order valence-corrected chi connectivity index (χ3v) is 5.14. The number of aliphatic hydroxyl groups is 3. The number of fused-ring (bicyclic) bond motifs is 1. The van der Waals surface area contributed by atoms with Crippen LogP contribution < -0.4 is 10.2 Å². The molecule has 0 bridgehead atoms. The molecule has 1 aromatic heterocycles. The van der Waals surface area contributed by atoms with Crippen molar-refractivity contribution in [3.8, 4) is 34.3 Å². The molecule has 174 valence electrons. The Kier molecular flexibility index (Phi) is 5.59. The molecule has 1 fully saturated rings. The van der Waals surface area contributed by atoms with Crippen LogP contribution in [0, 0.1) is 0 Å². The number of carboxylic acids is 1. The quantitative estimate of drug-likeness (QED) is 0.253. The van der Waals surface area contributed by atoms with Crippen LogP contribution in [0.5, 0.6) is 23.0 Å². The molecule has 2 heterocycles. The second-order valence-electron chi connectivity index (χ2n) is 7.32. The van der Waals surface area contributed by atoms with Crippen LogP contribution in [0.2, 0.25) is 0 Å². The number of aliphatic hydroxyl groups excluding tert-OH is 3. The molecule has 2 aromatic carbocycles. The number of hydrogen-bond donors (Lipinski definition) is 7. The fourth-order valence-electron chi connectivity index (χ4n) is 3.40. The van der Waals surface area contributed by atoms with Crippen LogP contribution in [0.3, 0.4) is 0 Å². The molecule has 1 unspecified atom stereocenters. The largest absolute Gasteiger partial charge is 0.508 e. The molecule has 12 heteroatoms. The summed E-state index contributed by atoms with van der Waals surface area (Å²) < 4.78 is 15.9. The Bertz CT molecular complexity index is 1260. The van der Waals surface area contributed by atoms with Crippen LogP contribution in [0.25, 0.3) is 22.3 Å². The first-order valence-corrected chi connectivity index (χ1v) is 9.49. The first-order valence-electron chi connectivity index (χ1n) is 9.49.